The molecule has 0 bridgehead atoms. The lowest BCUT2D eigenvalue weighted by Gasteiger charge is -2.40. The maximum atomic E-state index is 12.9. The highest BCUT2D eigenvalue weighted by Crippen LogP contribution is 2.44. The highest BCUT2D eigenvalue weighted by molar-refractivity contribution is 5.96. The van der Waals surface area contributed by atoms with E-state index in [2.05, 4.69) is 0 Å². The first kappa shape index (κ1) is 20.2. The molecule has 5 atom stereocenters. The Morgan fingerprint density at radius 2 is 1.50 bits per heavy atom. The van der Waals surface area contributed by atoms with Crippen molar-refractivity contribution in [2.24, 2.45) is 0 Å². The number of rotatable bonds is 2. The zero-order valence-corrected chi connectivity index (χ0v) is 15.1. The number of phenolic OH excluding ortho intramolecular Hbond substituents is 4. The lowest BCUT2D eigenvalue weighted by molar-refractivity contribution is -0.231. The number of aromatic hydroxyl groups is 4. The minimum Gasteiger partial charge on any atom is -0.507 e. The van der Waals surface area contributed by atoms with Crippen LogP contribution in [0.4, 0.5) is 0 Å². The molecule has 160 valence electrons. The quantitative estimate of drug-likeness (QED) is 0.191. The molecule has 0 saturated carbocycles. The van der Waals surface area contributed by atoms with Gasteiger partial charge >= 0.3 is 0 Å². The van der Waals surface area contributed by atoms with Gasteiger partial charge in [-0.15, -0.1) is 0 Å². The van der Waals surface area contributed by atoms with Gasteiger partial charge in [0.2, 0.25) is 5.43 Å². The van der Waals surface area contributed by atoms with Gasteiger partial charge in [0.15, 0.2) is 17.1 Å². The first-order valence-corrected chi connectivity index (χ1v) is 8.83. The Hall–Kier alpha value is -3.09. The van der Waals surface area contributed by atoms with E-state index in [1.165, 1.54) is 0 Å². The summed E-state index contributed by atoms with van der Waals surface area (Å²) >= 11 is 0. The third kappa shape index (κ3) is 2.83. The Labute approximate surface area is 166 Å². The van der Waals surface area contributed by atoms with Gasteiger partial charge in [-0.05, 0) is 6.07 Å². The molecule has 1 aliphatic heterocycles. The average Bonchev–Trinajstić information content (AvgIpc) is 2.69. The Morgan fingerprint density at radius 1 is 0.833 bits per heavy atom. The number of aliphatic hydroxyl groups is 4. The Bertz CT molecular complexity index is 1200. The molecular weight excluding hydrogens is 404 g/mol. The number of aliphatic hydroxyl groups excluding tert-OH is 4. The summed E-state index contributed by atoms with van der Waals surface area (Å²) in [5, 5.41) is 79.3. The van der Waals surface area contributed by atoms with Crippen LogP contribution in [0, 0.1) is 0 Å². The molecule has 30 heavy (non-hydrogen) atoms. The van der Waals surface area contributed by atoms with Gasteiger partial charge in [-0.2, -0.15) is 0 Å². The summed E-state index contributed by atoms with van der Waals surface area (Å²) in [6.07, 6.45) is -8.08. The summed E-state index contributed by atoms with van der Waals surface area (Å²) < 4.78 is 11.0. The van der Waals surface area contributed by atoms with Crippen LogP contribution >= 0.6 is 0 Å². The second-order valence-electron chi connectivity index (χ2n) is 7.05. The zero-order valence-electron chi connectivity index (χ0n) is 15.1. The van der Waals surface area contributed by atoms with Gasteiger partial charge in [0, 0.05) is 12.1 Å². The van der Waals surface area contributed by atoms with Crippen LogP contribution in [0.3, 0.4) is 0 Å². The van der Waals surface area contributed by atoms with Crippen molar-refractivity contribution in [2.45, 2.75) is 30.5 Å². The summed E-state index contributed by atoms with van der Waals surface area (Å²) in [6, 6.07) is 2.70. The molecule has 11 heteroatoms. The number of hydrogen-bond donors (Lipinski definition) is 8. The molecule has 3 aromatic rings. The van der Waals surface area contributed by atoms with E-state index in [1.807, 2.05) is 0 Å². The van der Waals surface area contributed by atoms with Gasteiger partial charge in [0.1, 0.15) is 53.0 Å². The fourth-order valence-corrected chi connectivity index (χ4v) is 3.65. The second-order valence-corrected chi connectivity index (χ2v) is 7.05. The van der Waals surface area contributed by atoms with Crippen molar-refractivity contribution >= 4 is 21.9 Å². The lowest BCUT2D eigenvalue weighted by atomic mass is 9.89. The zero-order chi connectivity index (χ0) is 21.9. The van der Waals surface area contributed by atoms with Crippen molar-refractivity contribution in [3.63, 3.8) is 0 Å². The monoisotopic (exact) mass is 422 g/mol. The average molecular weight is 422 g/mol. The van der Waals surface area contributed by atoms with Gasteiger partial charge in [-0.1, -0.05) is 0 Å². The third-order valence-corrected chi connectivity index (χ3v) is 5.21. The van der Waals surface area contributed by atoms with E-state index in [0.717, 1.165) is 18.2 Å². The predicted molar refractivity (Wildman–Crippen MR) is 99.4 cm³/mol. The number of phenols is 4. The van der Waals surface area contributed by atoms with Gasteiger partial charge in [0.25, 0.3) is 0 Å². The van der Waals surface area contributed by atoms with Crippen LogP contribution in [-0.4, -0.2) is 71.9 Å². The molecule has 0 unspecified atom stereocenters. The molecule has 8 N–H and O–H groups in total. The largest absolute Gasteiger partial charge is 0.507 e. The molecular formula is C19H18O11. The predicted octanol–water partition coefficient (Wildman–Crippen LogP) is -0.717. The van der Waals surface area contributed by atoms with E-state index in [4.69, 9.17) is 9.15 Å². The number of fused-ring (bicyclic) bond motifs is 2. The van der Waals surface area contributed by atoms with E-state index in [9.17, 15) is 45.6 Å². The smallest absolute Gasteiger partial charge is 0.204 e. The third-order valence-electron chi connectivity index (χ3n) is 5.21. The molecule has 1 aliphatic rings. The first-order chi connectivity index (χ1) is 14.1. The SMILES string of the molecule is O=c1c2cc(O)c(O)cc2oc2c([C@@H]3O[C@H](CO)[C@H](O)[C@H](O)[C@H]3O)c(O)cc(O)c12. The van der Waals surface area contributed by atoms with E-state index in [-0.39, 0.29) is 16.5 Å². The minimum absolute atomic E-state index is 0.182. The van der Waals surface area contributed by atoms with E-state index >= 15 is 0 Å². The van der Waals surface area contributed by atoms with Crippen molar-refractivity contribution in [3.8, 4) is 23.0 Å². The topological polar surface area (TPSA) is 201 Å². The highest BCUT2D eigenvalue weighted by Gasteiger charge is 2.46. The molecule has 1 aromatic heterocycles. The van der Waals surface area contributed by atoms with E-state index in [0.29, 0.717) is 0 Å². The summed E-state index contributed by atoms with van der Waals surface area (Å²) in [6.45, 7) is -0.724. The Balaban J connectivity index is 2.05. The molecule has 0 radical (unpaired) electrons. The maximum Gasteiger partial charge on any atom is 0.204 e. The summed E-state index contributed by atoms with van der Waals surface area (Å²) in [7, 11) is 0. The van der Waals surface area contributed by atoms with Crippen molar-refractivity contribution < 1.29 is 50.0 Å². The maximum absolute atomic E-state index is 12.9. The standard InChI is InChI=1S/C19H18O11/c20-4-11-15(26)16(27)17(28)19(30-11)13-9(24)2-8(23)12-14(25)5-1-6(21)7(22)3-10(5)29-18(12)13/h1-3,11,15-17,19-24,26-28H,4H2/t11-,15+,16+,17-,19+/m1/s1. The summed E-state index contributed by atoms with van der Waals surface area (Å²) in [4.78, 5) is 12.9. The molecule has 1 saturated heterocycles. The molecule has 2 aromatic carbocycles. The molecule has 4 rings (SSSR count). The number of ether oxygens (including phenoxy) is 1. The highest BCUT2D eigenvalue weighted by atomic mass is 16.5. The van der Waals surface area contributed by atoms with Crippen molar-refractivity contribution in [3.05, 3.63) is 34.0 Å². The minimum atomic E-state index is -1.80. The van der Waals surface area contributed by atoms with Crippen LogP contribution in [0.15, 0.2) is 27.4 Å². The second kappa shape index (κ2) is 7.00. The Morgan fingerprint density at radius 3 is 2.17 bits per heavy atom. The molecule has 0 spiro atoms. The summed E-state index contributed by atoms with van der Waals surface area (Å²) in [5.74, 6) is -2.51. The number of hydrogen-bond acceptors (Lipinski definition) is 11. The normalized spacial score (nSPS) is 27.0. The fraction of sp³-hybridized carbons (Fsp3) is 0.316. The Kier molecular flexibility index (Phi) is 4.71. The fourth-order valence-electron chi connectivity index (χ4n) is 3.65. The molecule has 11 nitrogen and oxygen atoms in total. The molecule has 2 heterocycles. The molecule has 1 fully saturated rings. The van der Waals surface area contributed by atoms with Crippen LogP contribution in [0.2, 0.25) is 0 Å². The van der Waals surface area contributed by atoms with Crippen LogP contribution in [0.25, 0.3) is 21.9 Å². The lowest BCUT2D eigenvalue weighted by Crippen LogP contribution is -2.55. The summed E-state index contributed by atoms with van der Waals surface area (Å²) in [5.41, 5.74) is -1.77. The van der Waals surface area contributed by atoms with Crippen LogP contribution in [-0.2, 0) is 4.74 Å². The van der Waals surface area contributed by atoms with Gasteiger partial charge in [0.05, 0.1) is 17.6 Å². The van der Waals surface area contributed by atoms with Crippen LogP contribution in [0.5, 0.6) is 23.0 Å². The molecule has 0 amide bonds. The van der Waals surface area contributed by atoms with Crippen molar-refractivity contribution in [1.29, 1.82) is 0 Å². The van der Waals surface area contributed by atoms with Crippen LogP contribution < -0.4 is 5.43 Å². The van der Waals surface area contributed by atoms with Gasteiger partial charge in [-0.25, -0.2) is 0 Å². The van der Waals surface area contributed by atoms with Gasteiger partial charge in [-0.3, -0.25) is 4.79 Å². The van der Waals surface area contributed by atoms with E-state index < -0.39 is 76.5 Å². The molecule has 0 aliphatic carbocycles. The van der Waals surface area contributed by atoms with Crippen LogP contribution in [0.1, 0.15) is 11.7 Å². The van der Waals surface area contributed by atoms with Crippen molar-refractivity contribution in [1.82, 2.24) is 0 Å². The van der Waals surface area contributed by atoms with E-state index in [1.54, 1.807) is 0 Å². The first-order valence-electron chi connectivity index (χ1n) is 8.83. The number of benzene rings is 2. The van der Waals surface area contributed by atoms with Gasteiger partial charge < -0.3 is 50.0 Å². The van der Waals surface area contributed by atoms with Crippen molar-refractivity contribution in [2.75, 3.05) is 6.61 Å².